The number of aliphatic imine (C=N–C) groups is 1. The second kappa shape index (κ2) is 9.15. The third-order valence-corrected chi connectivity index (χ3v) is 3.42. The SMILES string of the molecule is CCNC(=NCC(C)CN1CCN(C)CC1)NCC. The van der Waals surface area contributed by atoms with Crippen molar-refractivity contribution in [2.75, 3.05) is 59.4 Å². The van der Waals surface area contributed by atoms with Gasteiger partial charge in [0.15, 0.2) is 5.96 Å². The first-order chi connectivity index (χ1) is 9.15. The molecule has 5 heteroatoms. The molecule has 5 nitrogen and oxygen atoms in total. The van der Waals surface area contributed by atoms with Crippen molar-refractivity contribution in [1.82, 2.24) is 20.4 Å². The zero-order chi connectivity index (χ0) is 14.1. The molecule has 0 saturated carbocycles. The number of rotatable bonds is 6. The molecule has 1 heterocycles. The Bertz CT molecular complexity index is 251. The molecular weight excluding hydrogens is 238 g/mol. The molecule has 0 radical (unpaired) electrons. The Morgan fingerprint density at radius 1 is 1.11 bits per heavy atom. The molecule has 1 unspecified atom stereocenters. The van der Waals surface area contributed by atoms with Gasteiger partial charge in [0.05, 0.1) is 0 Å². The highest BCUT2D eigenvalue weighted by molar-refractivity contribution is 5.79. The van der Waals surface area contributed by atoms with Gasteiger partial charge in [-0.05, 0) is 26.8 Å². The normalized spacial score (nSPS) is 18.9. The van der Waals surface area contributed by atoms with Gasteiger partial charge in [0.25, 0.3) is 0 Å². The summed E-state index contributed by atoms with van der Waals surface area (Å²) in [5.41, 5.74) is 0. The van der Waals surface area contributed by atoms with Gasteiger partial charge in [-0.1, -0.05) is 6.92 Å². The molecule has 1 aliphatic rings. The van der Waals surface area contributed by atoms with E-state index in [0.29, 0.717) is 5.92 Å². The standard InChI is InChI=1S/C14H31N5/c1-5-15-14(16-6-2)17-11-13(3)12-19-9-7-18(4)8-10-19/h13H,5-12H2,1-4H3,(H2,15,16,17). The summed E-state index contributed by atoms with van der Waals surface area (Å²) in [6.07, 6.45) is 0. The molecule has 112 valence electrons. The van der Waals surface area contributed by atoms with Crippen molar-refractivity contribution in [3.8, 4) is 0 Å². The van der Waals surface area contributed by atoms with Gasteiger partial charge in [-0.15, -0.1) is 0 Å². The molecule has 0 aromatic carbocycles. The molecule has 1 saturated heterocycles. The Balaban J connectivity index is 2.28. The van der Waals surface area contributed by atoms with E-state index in [2.05, 4.69) is 53.2 Å². The van der Waals surface area contributed by atoms with Gasteiger partial charge in [-0.2, -0.15) is 0 Å². The van der Waals surface area contributed by atoms with Crippen molar-refractivity contribution in [3.63, 3.8) is 0 Å². The minimum Gasteiger partial charge on any atom is -0.357 e. The summed E-state index contributed by atoms with van der Waals surface area (Å²) in [7, 11) is 2.20. The lowest BCUT2D eigenvalue weighted by molar-refractivity contribution is 0.140. The van der Waals surface area contributed by atoms with Gasteiger partial charge < -0.3 is 20.4 Å². The second-order valence-electron chi connectivity index (χ2n) is 5.46. The van der Waals surface area contributed by atoms with E-state index in [-0.39, 0.29) is 0 Å². The maximum atomic E-state index is 4.64. The average molecular weight is 269 g/mol. The fraction of sp³-hybridized carbons (Fsp3) is 0.929. The fourth-order valence-corrected chi connectivity index (χ4v) is 2.29. The van der Waals surface area contributed by atoms with E-state index in [1.165, 1.54) is 26.2 Å². The minimum absolute atomic E-state index is 0.607. The number of guanidine groups is 1. The highest BCUT2D eigenvalue weighted by atomic mass is 15.2. The number of nitrogens with zero attached hydrogens (tertiary/aromatic N) is 3. The molecule has 0 bridgehead atoms. The molecule has 1 atom stereocenters. The predicted octanol–water partition coefficient (Wildman–Crippen LogP) is 0.445. The molecule has 0 aromatic rings. The quantitative estimate of drug-likeness (QED) is 0.543. The van der Waals surface area contributed by atoms with Crippen LogP contribution in [-0.4, -0.2) is 75.2 Å². The lowest BCUT2D eigenvalue weighted by Gasteiger charge is -2.33. The molecule has 1 aliphatic heterocycles. The van der Waals surface area contributed by atoms with E-state index in [0.717, 1.165) is 32.1 Å². The van der Waals surface area contributed by atoms with Crippen LogP contribution in [0.4, 0.5) is 0 Å². The maximum Gasteiger partial charge on any atom is 0.191 e. The Labute approximate surface area is 118 Å². The zero-order valence-corrected chi connectivity index (χ0v) is 13.1. The first-order valence-corrected chi connectivity index (χ1v) is 7.58. The Morgan fingerprint density at radius 2 is 1.68 bits per heavy atom. The van der Waals surface area contributed by atoms with Crippen molar-refractivity contribution in [3.05, 3.63) is 0 Å². The monoisotopic (exact) mass is 269 g/mol. The summed E-state index contributed by atoms with van der Waals surface area (Å²) >= 11 is 0. The maximum absolute atomic E-state index is 4.64. The van der Waals surface area contributed by atoms with Gasteiger partial charge in [0.1, 0.15) is 0 Å². The second-order valence-corrected chi connectivity index (χ2v) is 5.46. The van der Waals surface area contributed by atoms with Crippen molar-refractivity contribution in [1.29, 1.82) is 0 Å². The van der Waals surface area contributed by atoms with Gasteiger partial charge in [0, 0.05) is 52.4 Å². The van der Waals surface area contributed by atoms with Crippen LogP contribution in [0.5, 0.6) is 0 Å². The van der Waals surface area contributed by atoms with Crippen molar-refractivity contribution < 1.29 is 0 Å². The highest BCUT2D eigenvalue weighted by Crippen LogP contribution is 2.04. The predicted molar refractivity (Wildman–Crippen MR) is 82.8 cm³/mol. The van der Waals surface area contributed by atoms with Crippen LogP contribution in [0.3, 0.4) is 0 Å². The fourth-order valence-electron chi connectivity index (χ4n) is 2.29. The van der Waals surface area contributed by atoms with Gasteiger partial charge >= 0.3 is 0 Å². The van der Waals surface area contributed by atoms with E-state index in [4.69, 9.17) is 0 Å². The largest absolute Gasteiger partial charge is 0.357 e. The molecular formula is C14H31N5. The topological polar surface area (TPSA) is 42.9 Å². The molecule has 0 spiro atoms. The van der Waals surface area contributed by atoms with E-state index in [1.807, 2.05) is 0 Å². The van der Waals surface area contributed by atoms with Gasteiger partial charge in [-0.25, -0.2) is 0 Å². The lowest BCUT2D eigenvalue weighted by atomic mass is 10.1. The number of likely N-dealkylation sites (N-methyl/N-ethyl adjacent to an activating group) is 1. The summed E-state index contributed by atoms with van der Waals surface area (Å²) < 4.78 is 0. The van der Waals surface area contributed by atoms with Gasteiger partial charge in [0.2, 0.25) is 0 Å². The first-order valence-electron chi connectivity index (χ1n) is 7.58. The van der Waals surface area contributed by atoms with E-state index in [1.54, 1.807) is 0 Å². The molecule has 19 heavy (non-hydrogen) atoms. The van der Waals surface area contributed by atoms with Crippen LogP contribution >= 0.6 is 0 Å². The van der Waals surface area contributed by atoms with E-state index < -0.39 is 0 Å². The van der Waals surface area contributed by atoms with Crippen molar-refractivity contribution in [2.24, 2.45) is 10.9 Å². The average Bonchev–Trinajstić information content (AvgIpc) is 2.39. The van der Waals surface area contributed by atoms with Crippen molar-refractivity contribution >= 4 is 5.96 Å². The van der Waals surface area contributed by atoms with Crippen LogP contribution < -0.4 is 10.6 Å². The summed E-state index contributed by atoms with van der Waals surface area (Å²) in [6.45, 7) is 15.1. The molecule has 0 aromatic heterocycles. The minimum atomic E-state index is 0.607. The summed E-state index contributed by atoms with van der Waals surface area (Å²) in [6, 6.07) is 0. The highest BCUT2D eigenvalue weighted by Gasteiger charge is 2.15. The van der Waals surface area contributed by atoms with Crippen LogP contribution in [0.2, 0.25) is 0 Å². The van der Waals surface area contributed by atoms with Crippen LogP contribution in [-0.2, 0) is 0 Å². The summed E-state index contributed by atoms with van der Waals surface area (Å²) in [5, 5.41) is 6.53. The Hall–Kier alpha value is -0.810. The first kappa shape index (κ1) is 16.2. The Morgan fingerprint density at radius 3 is 2.21 bits per heavy atom. The number of hydrogen-bond donors (Lipinski definition) is 2. The third kappa shape index (κ3) is 6.78. The van der Waals surface area contributed by atoms with Crippen LogP contribution in [0.1, 0.15) is 20.8 Å². The Kier molecular flexibility index (Phi) is 7.82. The van der Waals surface area contributed by atoms with Crippen molar-refractivity contribution in [2.45, 2.75) is 20.8 Å². The van der Waals surface area contributed by atoms with E-state index in [9.17, 15) is 0 Å². The summed E-state index contributed by atoms with van der Waals surface area (Å²) in [4.78, 5) is 9.59. The van der Waals surface area contributed by atoms with Crippen LogP contribution in [0.15, 0.2) is 4.99 Å². The number of hydrogen-bond acceptors (Lipinski definition) is 3. The zero-order valence-electron chi connectivity index (χ0n) is 13.1. The molecule has 0 aliphatic carbocycles. The smallest absolute Gasteiger partial charge is 0.191 e. The van der Waals surface area contributed by atoms with E-state index >= 15 is 0 Å². The molecule has 1 rings (SSSR count). The van der Waals surface area contributed by atoms with Crippen LogP contribution in [0.25, 0.3) is 0 Å². The molecule has 0 amide bonds. The third-order valence-electron chi connectivity index (χ3n) is 3.42. The van der Waals surface area contributed by atoms with Crippen LogP contribution in [0, 0.1) is 5.92 Å². The molecule has 1 fully saturated rings. The molecule has 2 N–H and O–H groups in total. The lowest BCUT2D eigenvalue weighted by Crippen LogP contribution is -2.46. The number of piperazine rings is 1. The summed E-state index contributed by atoms with van der Waals surface area (Å²) in [5.74, 6) is 1.55. The van der Waals surface area contributed by atoms with Gasteiger partial charge in [-0.3, -0.25) is 4.99 Å². The number of nitrogens with one attached hydrogen (secondary N) is 2.